The van der Waals surface area contributed by atoms with Crippen LogP contribution in [0.3, 0.4) is 0 Å². The van der Waals surface area contributed by atoms with Gasteiger partial charge in [-0.15, -0.1) is 0 Å². The van der Waals surface area contributed by atoms with Crippen LogP contribution in [0.4, 0.5) is 18.9 Å². The van der Waals surface area contributed by atoms with Gasteiger partial charge in [0.1, 0.15) is 11.4 Å². The zero-order valence-corrected chi connectivity index (χ0v) is 13.0. The highest BCUT2D eigenvalue weighted by Gasteiger charge is 2.29. The molecule has 1 N–H and O–H groups in total. The van der Waals surface area contributed by atoms with E-state index in [9.17, 15) is 22.8 Å². The van der Waals surface area contributed by atoms with Gasteiger partial charge >= 0.3 is 12.1 Å². The number of pyridine rings is 1. The summed E-state index contributed by atoms with van der Waals surface area (Å²) in [4.78, 5) is 27.3. The molecule has 0 spiro atoms. The summed E-state index contributed by atoms with van der Waals surface area (Å²) < 4.78 is 46.0. The third-order valence-corrected chi connectivity index (χ3v) is 2.94. The number of hydrogen-bond donors (Lipinski definition) is 1. The van der Waals surface area contributed by atoms with Crippen LogP contribution in [0, 0.1) is 0 Å². The predicted molar refractivity (Wildman–Crippen MR) is 81.5 cm³/mol. The maximum Gasteiger partial charge on any atom is 0.422 e. The van der Waals surface area contributed by atoms with Crippen molar-refractivity contribution >= 4 is 17.6 Å². The number of ether oxygens (including phenoxy) is 2. The molecule has 2 rings (SSSR count). The number of alkyl halides is 3. The SMILES string of the molecule is COC(=O)c1ccc(C(=O)Nc2ccccc2OCC(F)(F)F)nc1. The van der Waals surface area contributed by atoms with Gasteiger partial charge in [0.2, 0.25) is 0 Å². The Morgan fingerprint density at radius 1 is 1.16 bits per heavy atom. The first-order chi connectivity index (χ1) is 11.8. The second kappa shape index (κ2) is 7.65. The van der Waals surface area contributed by atoms with Gasteiger partial charge in [-0.2, -0.15) is 13.2 Å². The Kier molecular flexibility index (Phi) is 5.58. The number of nitrogens with zero attached hydrogens (tertiary/aromatic N) is 1. The van der Waals surface area contributed by atoms with E-state index in [1.807, 2.05) is 0 Å². The fourth-order valence-corrected chi connectivity index (χ4v) is 1.81. The number of benzene rings is 1. The van der Waals surface area contributed by atoms with Gasteiger partial charge in [-0.25, -0.2) is 4.79 Å². The van der Waals surface area contributed by atoms with Crippen LogP contribution in [0.2, 0.25) is 0 Å². The van der Waals surface area contributed by atoms with Crippen LogP contribution in [0.15, 0.2) is 42.6 Å². The summed E-state index contributed by atoms with van der Waals surface area (Å²) in [6, 6.07) is 8.34. The molecule has 1 aromatic carbocycles. The summed E-state index contributed by atoms with van der Waals surface area (Å²) in [5.41, 5.74) is 0.196. The molecule has 0 bridgehead atoms. The lowest BCUT2D eigenvalue weighted by molar-refractivity contribution is -0.153. The molecule has 6 nitrogen and oxygen atoms in total. The Morgan fingerprint density at radius 3 is 2.48 bits per heavy atom. The van der Waals surface area contributed by atoms with Crippen LogP contribution in [-0.4, -0.2) is 36.8 Å². The molecule has 0 unspecified atom stereocenters. The first kappa shape index (κ1) is 18.2. The Labute approximate surface area is 140 Å². The average molecular weight is 354 g/mol. The van der Waals surface area contributed by atoms with E-state index in [4.69, 9.17) is 0 Å². The van der Waals surface area contributed by atoms with Gasteiger partial charge in [-0.3, -0.25) is 9.78 Å². The number of para-hydroxylation sites is 2. The van der Waals surface area contributed by atoms with Crippen LogP contribution < -0.4 is 10.1 Å². The summed E-state index contributed by atoms with van der Waals surface area (Å²) >= 11 is 0. The molecular formula is C16H13F3N2O4. The minimum atomic E-state index is -4.50. The number of anilines is 1. The first-order valence-corrected chi connectivity index (χ1v) is 6.94. The quantitative estimate of drug-likeness (QED) is 0.835. The van der Waals surface area contributed by atoms with E-state index < -0.39 is 24.7 Å². The van der Waals surface area contributed by atoms with E-state index in [0.717, 1.165) is 6.20 Å². The van der Waals surface area contributed by atoms with E-state index >= 15 is 0 Å². The van der Waals surface area contributed by atoms with Gasteiger partial charge in [0.15, 0.2) is 6.61 Å². The number of hydrogen-bond acceptors (Lipinski definition) is 5. The second-order valence-corrected chi connectivity index (χ2v) is 4.78. The van der Waals surface area contributed by atoms with Gasteiger partial charge in [-0.1, -0.05) is 12.1 Å². The fraction of sp³-hybridized carbons (Fsp3) is 0.188. The van der Waals surface area contributed by atoms with Crippen molar-refractivity contribution in [1.82, 2.24) is 4.98 Å². The molecule has 0 fully saturated rings. The fourth-order valence-electron chi connectivity index (χ4n) is 1.81. The van der Waals surface area contributed by atoms with Crippen LogP contribution in [0.1, 0.15) is 20.8 Å². The monoisotopic (exact) mass is 354 g/mol. The molecule has 1 aromatic heterocycles. The largest absolute Gasteiger partial charge is 0.482 e. The first-order valence-electron chi connectivity index (χ1n) is 6.94. The molecule has 9 heteroatoms. The van der Waals surface area contributed by atoms with Crippen LogP contribution >= 0.6 is 0 Å². The second-order valence-electron chi connectivity index (χ2n) is 4.78. The molecule has 0 saturated heterocycles. The number of methoxy groups -OCH3 is 1. The molecule has 0 aliphatic heterocycles. The molecule has 0 atom stereocenters. The van der Waals surface area contributed by atoms with Gasteiger partial charge in [-0.05, 0) is 24.3 Å². The minimum Gasteiger partial charge on any atom is -0.482 e. The zero-order valence-electron chi connectivity index (χ0n) is 13.0. The molecule has 2 aromatic rings. The summed E-state index contributed by atoms with van der Waals surface area (Å²) in [7, 11) is 1.21. The van der Waals surface area contributed by atoms with E-state index in [0.29, 0.717) is 0 Å². The normalized spacial score (nSPS) is 10.9. The number of amides is 1. The molecule has 0 radical (unpaired) electrons. The number of carbonyl (C=O) groups is 2. The zero-order chi connectivity index (χ0) is 18.4. The molecule has 1 heterocycles. The number of halogens is 3. The van der Waals surface area contributed by atoms with Crippen molar-refractivity contribution in [3.8, 4) is 5.75 Å². The summed E-state index contributed by atoms with van der Waals surface area (Å²) in [5.74, 6) is -1.40. The van der Waals surface area contributed by atoms with E-state index in [1.54, 1.807) is 0 Å². The lowest BCUT2D eigenvalue weighted by Crippen LogP contribution is -2.20. The predicted octanol–water partition coefficient (Wildman–Crippen LogP) is 3.06. The summed E-state index contributed by atoms with van der Waals surface area (Å²) in [6.45, 7) is -1.48. The topological polar surface area (TPSA) is 77.5 Å². The van der Waals surface area contributed by atoms with Crippen molar-refractivity contribution in [2.75, 3.05) is 19.0 Å². The maximum absolute atomic E-state index is 12.3. The van der Waals surface area contributed by atoms with E-state index in [1.165, 1.54) is 43.5 Å². The molecule has 132 valence electrons. The van der Waals surface area contributed by atoms with Crippen LogP contribution in [0.25, 0.3) is 0 Å². The highest BCUT2D eigenvalue weighted by atomic mass is 19.4. The van der Waals surface area contributed by atoms with Gasteiger partial charge in [0.05, 0.1) is 18.4 Å². The summed E-state index contributed by atoms with van der Waals surface area (Å²) in [6.07, 6.45) is -3.34. The molecule has 1 amide bonds. The molecule has 0 aliphatic rings. The van der Waals surface area contributed by atoms with Crippen LogP contribution in [-0.2, 0) is 4.74 Å². The van der Waals surface area contributed by atoms with Gasteiger partial charge in [0, 0.05) is 6.20 Å². The Balaban J connectivity index is 2.11. The lowest BCUT2D eigenvalue weighted by atomic mass is 10.2. The van der Waals surface area contributed by atoms with Crippen molar-refractivity contribution in [2.45, 2.75) is 6.18 Å². The smallest absolute Gasteiger partial charge is 0.422 e. The number of nitrogens with one attached hydrogen (secondary N) is 1. The number of rotatable bonds is 5. The number of carbonyl (C=O) groups excluding carboxylic acids is 2. The van der Waals surface area contributed by atoms with Crippen molar-refractivity contribution < 1.29 is 32.2 Å². The Hall–Kier alpha value is -3.10. The van der Waals surface area contributed by atoms with Crippen molar-refractivity contribution in [2.24, 2.45) is 0 Å². The number of aromatic nitrogens is 1. The standard InChI is InChI=1S/C16H13F3N2O4/c1-24-15(23)10-6-7-12(20-8-10)14(22)21-11-4-2-3-5-13(11)25-9-16(17,18)19/h2-8H,9H2,1H3,(H,21,22). The van der Waals surface area contributed by atoms with E-state index in [2.05, 4.69) is 19.8 Å². The molecule has 0 aliphatic carbocycles. The Morgan fingerprint density at radius 2 is 1.88 bits per heavy atom. The minimum absolute atomic E-state index is 0.0294. The summed E-state index contributed by atoms with van der Waals surface area (Å²) in [5, 5.41) is 2.42. The number of esters is 1. The third kappa shape index (κ3) is 5.20. The Bertz CT molecular complexity index is 761. The van der Waals surface area contributed by atoms with Crippen molar-refractivity contribution in [3.05, 3.63) is 53.9 Å². The average Bonchev–Trinajstić information content (AvgIpc) is 2.59. The van der Waals surface area contributed by atoms with Gasteiger partial charge in [0.25, 0.3) is 5.91 Å². The third-order valence-electron chi connectivity index (χ3n) is 2.94. The van der Waals surface area contributed by atoms with Gasteiger partial charge < -0.3 is 14.8 Å². The lowest BCUT2D eigenvalue weighted by Gasteiger charge is -2.13. The van der Waals surface area contributed by atoms with Crippen LogP contribution in [0.5, 0.6) is 5.75 Å². The highest BCUT2D eigenvalue weighted by molar-refractivity contribution is 6.04. The molecular weight excluding hydrogens is 341 g/mol. The maximum atomic E-state index is 12.3. The van der Waals surface area contributed by atoms with E-state index in [-0.39, 0.29) is 22.7 Å². The highest BCUT2D eigenvalue weighted by Crippen LogP contribution is 2.26. The van der Waals surface area contributed by atoms with Crippen molar-refractivity contribution in [3.63, 3.8) is 0 Å². The molecule has 25 heavy (non-hydrogen) atoms. The van der Waals surface area contributed by atoms with Crippen molar-refractivity contribution in [1.29, 1.82) is 0 Å². The molecule has 0 saturated carbocycles.